The van der Waals surface area contributed by atoms with Gasteiger partial charge in [-0.05, 0) is 71.9 Å². The third-order valence-electron chi connectivity index (χ3n) is 13.3. The van der Waals surface area contributed by atoms with E-state index >= 15 is 0 Å². The smallest absolute Gasteiger partial charge is 0.407 e. The van der Waals surface area contributed by atoms with E-state index in [1.165, 1.54) is 56.9 Å². The Bertz CT molecular complexity index is 2230. The molecule has 3 aliphatic rings. The van der Waals surface area contributed by atoms with Crippen LogP contribution in [-0.2, 0) is 24.7 Å². The van der Waals surface area contributed by atoms with Crippen LogP contribution in [-0.4, -0.2) is 48.6 Å². The van der Waals surface area contributed by atoms with E-state index < -0.39 is 30.1 Å². The molecule has 8 rings (SSSR count). The number of ether oxygens (including phenoxy) is 2. The summed E-state index contributed by atoms with van der Waals surface area (Å²) in [6.45, 7) is 1.19. The summed E-state index contributed by atoms with van der Waals surface area (Å²) < 4.78 is 12.7. The number of halogens is 1. The molecule has 322 valence electrons. The zero-order valence-corrected chi connectivity index (χ0v) is 36.5. The van der Waals surface area contributed by atoms with Gasteiger partial charge in [-0.15, -0.1) is 0 Å². The Kier molecular flexibility index (Phi) is 14.4. The summed E-state index contributed by atoms with van der Waals surface area (Å²) in [6.07, 6.45) is 14.1. The molecule has 0 bridgehead atoms. The second-order valence-corrected chi connectivity index (χ2v) is 17.7. The maximum atomic E-state index is 14.8. The van der Waals surface area contributed by atoms with Crippen LogP contribution in [0, 0.1) is 0 Å². The molecule has 1 aliphatic heterocycles. The maximum absolute atomic E-state index is 14.8. The third-order valence-corrected chi connectivity index (χ3v) is 13.6. The number of benzene rings is 5. The molecule has 1 heterocycles. The molecule has 2 aliphatic carbocycles. The lowest BCUT2D eigenvalue weighted by Crippen LogP contribution is -2.51. The molecule has 0 radical (unpaired) electrons. The first-order chi connectivity index (χ1) is 30.4. The van der Waals surface area contributed by atoms with Crippen LogP contribution in [0.4, 0.5) is 4.79 Å². The van der Waals surface area contributed by atoms with E-state index in [4.69, 9.17) is 21.1 Å². The summed E-state index contributed by atoms with van der Waals surface area (Å²) in [7, 11) is 0. The van der Waals surface area contributed by atoms with Gasteiger partial charge in [0.15, 0.2) is 5.60 Å². The van der Waals surface area contributed by atoms with Crippen molar-refractivity contribution in [3.8, 4) is 11.1 Å². The molecule has 2 amide bonds. The first kappa shape index (κ1) is 43.3. The molecule has 2 fully saturated rings. The molecule has 5 aromatic rings. The second-order valence-electron chi connectivity index (χ2n) is 17.3. The number of rotatable bonds is 11. The van der Waals surface area contributed by atoms with Crippen molar-refractivity contribution in [2.45, 2.75) is 113 Å². The van der Waals surface area contributed by atoms with Gasteiger partial charge < -0.3 is 19.7 Å². The Balaban J connectivity index is 1.08. The van der Waals surface area contributed by atoms with Crippen molar-refractivity contribution >= 4 is 29.6 Å². The highest BCUT2D eigenvalue weighted by Crippen LogP contribution is 2.46. The molecule has 2 atom stereocenters. The van der Waals surface area contributed by atoms with Gasteiger partial charge >= 0.3 is 12.1 Å². The van der Waals surface area contributed by atoms with Gasteiger partial charge in [0.25, 0.3) is 0 Å². The van der Waals surface area contributed by atoms with Crippen molar-refractivity contribution in [3.05, 3.63) is 166 Å². The number of hydrogen-bond acceptors (Lipinski definition) is 5. The van der Waals surface area contributed by atoms with E-state index in [0.29, 0.717) is 35.2 Å². The number of nitrogens with one attached hydrogen (secondary N) is 1. The average Bonchev–Trinajstić information content (AvgIpc) is 3.60. The Morgan fingerprint density at radius 2 is 1.16 bits per heavy atom. The molecule has 0 spiro atoms. The molecule has 1 N–H and O–H groups in total. The molecule has 1 saturated carbocycles. The van der Waals surface area contributed by atoms with Crippen molar-refractivity contribution < 1.29 is 23.9 Å². The zero-order valence-electron chi connectivity index (χ0n) is 35.7. The van der Waals surface area contributed by atoms with Crippen molar-refractivity contribution in [1.82, 2.24) is 10.2 Å². The van der Waals surface area contributed by atoms with Gasteiger partial charge in [0.2, 0.25) is 5.91 Å². The lowest BCUT2D eigenvalue weighted by molar-refractivity contribution is -0.156. The summed E-state index contributed by atoms with van der Waals surface area (Å²) >= 11 is 7.07. The Morgan fingerprint density at radius 3 is 1.79 bits per heavy atom. The van der Waals surface area contributed by atoms with E-state index in [9.17, 15) is 14.4 Å². The number of carbonyl (C=O) groups excluding carboxylic acids is 3. The highest BCUT2D eigenvalue weighted by Gasteiger charge is 2.43. The molecular formula is C54H59ClN2O5. The van der Waals surface area contributed by atoms with Crippen LogP contribution >= 0.6 is 11.6 Å². The third kappa shape index (κ3) is 9.79. The van der Waals surface area contributed by atoms with E-state index in [1.54, 1.807) is 11.0 Å². The topological polar surface area (TPSA) is 84.9 Å². The molecule has 1 unspecified atom stereocenters. The molecular weight excluding hydrogens is 792 g/mol. The van der Waals surface area contributed by atoms with Gasteiger partial charge in [0.05, 0.1) is 6.42 Å². The van der Waals surface area contributed by atoms with E-state index in [1.807, 2.05) is 72.8 Å². The maximum Gasteiger partial charge on any atom is 0.407 e. The summed E-state index contributed by atoms with van der Waals surface area (Å²) in [5.74, 6) is -0.685. The van der Waals surface area contributed by atoms with Crippen LogP contribution in [0.25, 0.3) is 11.1 Å². The Labute approximate surface area is 372 Å². The number of amides is 2. The van der Waals surface area contributed by atoms with Crippen LogP contribution in [0.5, 0.6) is 0 Å². The molecule has 62 heavy (non-hydrogen) atoms. The van der Waals surface area contributed by atoms with Gasteiger partial charge in [-0.25, -0.2) is 4.79 Å². The predicted molar refractivity (Wildman–Crippen MR) is 246 cm³/mol. The SMILES string of the molecule is O=C(C[C@H](NC(=O)OCC1c2ccccc2-c2ccccc21)C(=O)N1CCCCC1)OC(c1ccccc1)(c1ccc(C2CCCCCCCCCC2)cc1)c1ccccc1Cl. The zero-order chi connectivity index (χ0) is 42.7. The van der Waals surface area contributed by atoms with Crippen molar-refractivity contribution in [3.63, 3.8) is 0 Å². The minimum Gasteiger partial charge on any atom is -0.449 e. The van der Waals surface area contributed by atoms with Crippen LogP contribution in [0.15, 0.2) is 127 Å². The number of carbonyl (C=O) groups is 3. The fourth-order valence-corrected chi connectivity index (χ4v) is 10.3. The van der Waals surface area contributed by atoms with E-state index in [-0.39, 0.29) is 18.4 Å². The monoisotopic (exact) mass is 850 g/mol. The number of esters is 1. The van der Waals surface area contributed by atoms with Crippen molar-refractivity contribution in [2.24, 2.45) is 0 Å². The normalized spacial score (nSPS) is 17.7. The van der Waals surface area contributed by atoms with Crippen LogP contribution < -0.4 is 5.32 Å². The molecule has 8 heteroatoms. The largest absolute Gasteiger partial charge is 0.449 e. The minimum atomic E-state index is -1.47. The first-order valence-electron chi connectivity index (χ1n) is 23.0. The van der Waals surface area contributed by atoms with E-state index in [2.05, 4.69) is 53.8 Å². The van der Waals surface area contributed by atoms with Crippen LogP contribution in [0.2, 0.25) is 5.02 Å². The Morgan fingerprint density at radius 1 is 0.629 bits per heavy atom. The standard InChI is InChI=1S/C54H59ClN2O5/c55-49-30-18-17-29-48(49)54(41-23-11-7-12-24-41,42-33-31-40(32-34-42)39-21-9-5-3-1-2-4-6-10-22-39)62-51(58)37-50(52(59)57-35-19-8-20-36-57)56-53(60)61-38-47-45-27-15-13-25-43(45)44-26-14-16-28-46(44)47/h7,11-18,23-34,39,47,50H,1-6,8-10,19-22,35-38H2,(H,56,60)/t50-,54?/m0/s1. The highest BCUT2D eigenvalue weighted by molar-refractivity contribution is 6.31. The van der Waals surface area contributed by atoms with Crippen LogP contribution in [0.3, 0.4) is 0 Å². The van der Waals surface area contributed by atoms with Gasteiger partial charge in [0.1, 0.15) is 12.6 Å². The van der Waals surface area contributed by atoms with Crippen molar-refractivity contribution in [1.29, 1.82) is 0 Å². The van der Waals surface area contributed by atoms with Crippen molar-refractivity contribution in [2.75, 3.05) is 19.7 Å². The fraction of sp³-hybridized carbons (Fsp3) is 0.389. The molecule has 7 nitrogen and oxygen atoms in total. The van der Waals surface area contributed by atoms with Gasteiger partial charge in [0, 0.05) is 40.7 Å². The number of likely N-dealkylation sites (tertiary alicyclic amines) is 1. The minimum absolute atomic E-state index is 0.0788. The van der Waals surface area contributed by atoms with Gasteiger partial charge in [-0.2, -0.15) is 0 Å². The van der Waals surface area contributed by atoms with Gasteiger partial charge in [-0.1, -0.05) is 184 Å². The fourth-order valence-electron chi connectivity index (χ4n) is 10.1. The number of hydrogen-bond donors (Lipinski definition) is 1. The summed E-state index contributed by atoms with van der Waals surface area (Å²) in [5, 5.41) is 3.26. The predicted octanol–water partition coefficient (Wildman–Crippen LogP) is 12.5. The highest BCUT2D eigenvalue weighted by atomic mass is 35.5. The first-order valence-corrected chi connectivity index (χ1v) is 23.3. The lowest BCUT2D eigenvalue weighted by atomic mass is 9.78. The summed E-state index contributed by atoms with van der Waals surface area (Å²) in [6, 6.07) is 40.8. The number of nitrogens with zero attached hydrogens (tertiary/aromatic N) is 1. The van der Waals surface area contributed by atoms with Crippen LogP contribution in [0.1, 0.15) is 135 Å². The molecule has 0 aromatic heterocycles. The average molecular weight is 852 g/mol. The lowest BCUT2D eigenvalue weighted by Gasteiger charge is -2.37. The number of piperidine rings is 1. The molecule has 5 aromatic carbocycles. The molecule has 1 saturated heterocycles. The van der Waals surface area contributed by atoms with Gasteiger partial charge in [-0.3, -0.25) is 9.59 Å². The number of alkyl carbamates (subject to hydrolysis) is 1. The number of fused-ring (bicyclic) bond motifs is 3. The summed E-state index contributed by atoms with van der Waals surface area (Å²) in [5.41, 5.74) is 6.30. The van der Waals surface area contributed by atoms with E-state index in [0.717, 1.165) is 59.9 Å². The summed E-state index contributed by atoms with van der Waals surface area (Å²) in [4.78, 5) is 44.6. The quantitative estimate of drug-likeness (QED) is 0.106. The second kappa shape index (κ2) is 20.6. The Hall–Kier alpha value is -5.40.